The van der Waals surface area contributed by atoms with Crippen LogP contribution in [0.3, 0.4) is 0 Å². The Hall–Kier alpha value is 0.0764. The Labute approximate surface area is 123 Å². The van der Waals surface area contributed by atoms with Crippen LogP contribution in [0.1, 0.15) is 0 Å². The second-order valence-electron chi connectivity index (χ2n) is 2.14. The summed E-state index contributed by atoms with van der Waals surface area (Å²) >= 11 is 0. The minimum Gasteiger partial charge on any atom is -0.744 e. The summed E-state index contributed by atoms with van der Waals surface area (Å²) < 4.78 is 31.3. The monoisotopic (exact) mass is 237 g/mol. The van der Waals surface area contributed by atoms with Crippen LogP contribution in [0, 0.1) is 0 Å². The Kier molecular flexibility index (Phi) is 5.87. The quantitative estimate of drug-likeness (QED) is 0.206. The largest absolute Gasteiger partial charge is 1.00 e. The van der Waals surface area contributed by atoms with Gasteiger partial charge in [-0.2, -0.15) is 0 Å². The van der Waals surface area contributed by atoms with Crippen molar-refractivity contribution < 1.29 is 64.4 Å². The topological polar surface area (TPSA) is 106 Å². The van der Waals surface area contributed by atoms with Crippen molar-refractivity contribution in [1.29, 1.82) is 0 Å². The van der Waals surface area contributed by atoms with E-state index in [1.54, 1.807) is 0 Å². The molecule has 0 atom stereocenters. The molecule has 0 aliphatic carbocycles. The van der Waals surface area contributed by atoms with E-state index in [9.17, 15) is 13.0 Å². The fourth-order valence-corrected chi connectivity index (χ4v) is 1.20. The molecule has 0 aliphatic heterocycles. The normalized spacial score (nSPS) is 9.79. The van der Waals surface area contributed by atoms with E-state index >= 15 is 0 Å². The fraction of sp³-hybridized carbons (Fsp3) is 0. The van der Waals surface area contributed by atoms with Crippen LogP contribution in [-0.4, -0.2) is 13.0 Å². The molecule has 0 unspecified atom stereocenters. The third-order valence-corrected chi connectivity index (χ3v) is 2.14. The smallest absolute Gasteiger partial charge is 0.744 e. The molecule has 0 N–H and O–H groups in total. The average Bonchev–Trinajstić information content (AvgIpc) is 2.04. The first-order chi connectivity index (χ1) is 6.04. The Balaban J connectivity index is 0.00000169. The van der Waals surface area contributed by atoms with Gasteiger partial charge >= 0.3 is 51.4 Å². The van der Waals surface area contributed by atoms with Gasteiger partial charge in [0.1, 0.15) is 10.1 Å². The summed E-state index contributed by atoms with van der Waals surface area (Å²) in [7, 11) is -4.42. The third-order valence-electron chi connectivity index (χ3n) is 1.29. The second-order valence-corrected chi connectivity index (χ2v) is 3.52. The molecule has 0 fully saturated rings. The maximum absolute atomic E-state index is 10.4. The van der Waals surface area contributed by atoms with E-state index in [4.69, 9.17) is 5.53 Å². The molecule has 0 saturated carbocycles. The van der Waals surface area contributed by atoms with Crippen LogP contribution >= 0.6 is 0 Å². The molecule has 8 heteroatoms. The van der Waals surface area contributed by atoms with Crippen molar-refractivity contribution >= 4 is 15.8 Å². The van der Waals surface area contributed by atoms with Crippen LogP contribution in [0.2, 0.25) is 0 Å². The van der Waals surface area contributed by atoms with Crippen molar-refractivity contribution in [2.45, 2.75) is 4.90 Å². The molecule has 0 spiro atoms. The number of hydrogen-bond acceptors (Lipinski definition) is 4. The van der Waals surface area contributed by atoms with Gasteiger partial charge in [0.15, 0.2) is 0 Å². The van der Waals surface area contributed by atoms with E-state index in [0.29, 0.717) is 0 Å². The third kappa shape index (κ3) is 4.07. The van der Waals surface area contributed by atoms with Gasteiger partial charge in [-0.15, -0.1) is 0 Å². The van der Waals surface area contributed by atoms with Crippen LogP contribution in [0.5, 0.6) is 0 Å². The Bertz CT molecular complexity index is 450. The number of nitrogens with zero attached hydrogens (tertiary/aromatic N) is 3. The van der Waals surface area contributed by atoms with Gasteiger partial charge in [0.05, 0.1) is 4.90 Å². The van der Waals surface area contributed by atoms with Gasteiger partial charge < -0.3 is 4.55 Å². The van der Waals surface area contributed by atoms with Crippen molar-refractivity contribution in [3.05, 3.63) is 34.7 Å². The molecule has 0 bridgehead atoms. The van der Waals surface area contributed by atoms with Crippen LogP contribution < -0.4 is 51.4 Å². The zero-order valence-corrected chi connectivity index (χ0v) is 11.2. The Morgan fingerprint density at radius 1 is 1.29 bits per heavy atom. The predicted octanol–water partition coefficient (Wildman–Crippen LogP) is -1.46. The number of rotatable bonds is 2. The molecule has 0 aromatic heterocycles. The Morgan fingerprint density at radius 3 is 2.14 bits per heavy atom. The molecule has 1 rings (SSSR count). The van der Waals surface area contributed by atoms with Crippen LogP contribution in [0.15, 0.2) is 34.3 Å². The average molecular weight is 237 g/mol. The number of hydrogen-bond donors (Lipinski definition) is 0. The predicted molar refractivity (Wildman–Crippen MR) is 43.2 cm³/mol. The van der Waals surface area contributed by atoms with Gasteiger partial charge in [-0.25, -0.2) is 8.42 Å². The van der Waals surface area contributed by atoms with Gasteiger partial charge in [0.2, 0.25) is 0 Å². The van der Waals surface area contributed by atoms with Gasteiger partial charge in [-0.3, -0.25) is 0 Å². The van der Waals surface area contributed by atoms with Crippen molar-refractivity contribution in [2.24, 2.45) is 5.11 Å². The number of benzene rings is 1. The molecule has 0 saturated heterocycles. The molecular formula is C6H4KN3O3S. The summed E-state index contributed by atoms with van der Waals surface area (Å²) in [5.41, 5.74) is 8.29. The SMILES string of the molecule is [K+].[N-]=[N+]=Nc1ccc(S(=O)(=O)[O-])cc1. The summed E-state index contributed by atoms with van der Waals surface area (Å²) in [5.74, 6) is 0. The van der Waals surface area contributed by atoms with Crippen molar-refractivity contribution in [3.63, 3.8) is 0 Å². The first-order valence-corrected chi connectivity index (χ1v) is 4.56. The van der Waals surface area contributed by atoms with E-state index in [0.717, 1.165) is 12.1 Å². The van der Waals surface area contributed by atoms with Crippen LogP contribution in [0.4, 0.5) is 5.69 Å². The molecule has 0 amide bonds. The van der Waals surface area contributed by atoms with Gasteiger partial charge in [-0.05, 0) is 17.7 Å². The first-order valence-electron chi connectivity index (χ1n) is 3.15. The molecule has 1 aromatic carbocycles. The molecule has 0 radical (unpaired) electrons. The fourth-order valence-electron chi connectivity index (χ4n) is 0.731. The zero-order valence-electron chi connectivity index (χ0n) is 7.28. The maximum atomic E-state index is 10.4. The second kappa shape index (κ2) is 5.84. The molecule has 0 heterocycles. The standard InChI is InChI=1S/C6H5N3O3S.K/c7-9-8-5-1-3-6(4-2-5)13(10,11)12;/h1-4H,(H,10,11,12);/q;+1/p-1. The maximum Gasteiger partial charge on any atom is 1.00 e. The zero-order chi connectivity index (χ0) is 9.90. The minimum absolute atomic E-state index is 0. The van der Waals surface area contributed by atoms with E-state index in [2.05, 4.69) is 10.0 Å². The van der Waals surface area contributed by atoms with E-state index < -0.39 is 10.1 Å². The molecule has 1 aromatic rings. The summed E-state index contributed by atoms with van der Waals surface area (Å²) in [5, 5.41) is 3.21. The van der Waals surface area contributed by atoms with Crippen molar-refractivity contribution in [3.8, 4) is 0 Å². The first kappa shape index (κ1) is 14.1. The summed E-state index contributed by atoms with van der Waals surface area (Å²) in [6, 6.07) is 4.69. The van der Waals surface area contributed by atoms with Crippen molar-refractivity contribution in [1.82, 2.24) is 0 Å². The minimum atomic E-state index is -4.42. The van der Waals surface area contributed by atoms with Gasteiger partial charge in [-0.1, -0.05) is 17.2 Å². The molecule has 68 valence electrons. The van der Waals surface area contributed by atoms with E-state index in [1.165, 1.54) is 12.1 Å². The summed E-state index contributed by atoms with van der Waals surface area (Å²) in [6.07, 6.45) is 0. The van der Waals surface area contributed by atoms with E-state index in [1.807, 2.05) is 0 Å². The Morgan fingerprint density at radius 2 is 1.79 bits per heavy atom. The van der Waals surface area contributed by atoms with Crippen LogP contribution in [0.25, 0.3) is 10.4 Å². The summed E-state index contributed by atoms with van der Waals surface area (Å²) in [6.45, 7) is 0. The molecular weight excluding hydrogens is 233 g/mol. The molecule has 14 heavy (non-hydrogen) atoms. The van der Waals surface area contributed by atoms with Crippen molar-refractivity contribution in [2.75, 3.05) is 0 Å². The summed E-state index contributed by atoms with van der Waals surface area (Å²) in [4.78, 5) is 2.15. The molecule has 6 nitrogen and oxygen atoms in total. The van der Waals surface area contributed by atoms with Gasteiger partial charge in [0.25, 0.3) is 0 Å². The van der Waals surface area contributed by atoms with E-state index in [-0.39, 0.29) is 62.0 Å². The molecule has 0 aliphatic rings. The number of azide groups is 1. The van der Waals surface area contributed by atoms with Gasteiger partial charge in [0, 0.05) is 10.6 Å². The van der Waals surface area contributed by atoms with Crippen LogP contribution in [-0.2, 0) is 10.1 Å².